The van der Waals surface area contributed by atoms with Crippen molar-refractivity contribution in [2.45, 2.75) is 18.9 Å². The fraction of sp³-hybridized carbons (Fsp3) is 0.600. The summed E-state index contributed by atoms with van der Waals surface area (Å²) in [5.41, 5.74) is 0. The Hall–Kier alpha value is -0.294. The zero-order chi connectivity index (χ0) is 6.85. The molecule has 0 unspecified atom stereocenters. The van der Waals surface area contributed by atoms with E-state index in [0.717, 1.165) is 0 Å². The van der Waals surface area contributed by atoms with Gasteiger partial charge in [-0.15, -0.1) is 0 Å². The molecule has 0 aliphatic carbocycles. The summed E-state index contributed by atoms with van der Waals surface area (Å²) < 4.78 is 0. The Bertz CT molecular complexity index is 159. The van der Waals surface area contributed by atoms with Crippen molar-refractivity contribution in [2.24, 2.45) is 0 Å². The van der Waals surface area contributed by atoms with Crippen molar-refractivity contribution in [1.29, 1.82) is 0 Å². The monoisotopic (exact) mass is 153 g/mol. The van der Waals surface area contributed by atoms with Crippen LogP contribution in [0.25, 0.3) is 0 Å². The highest BCUT2D eigenvalue weighted by Crippen LogP contribution is 2.05. The van der Waals surface area contributed by atoms with Crippen LogP contribution in [0.2, 0.25) is 0 Å². The van der Waals surface area contributed by atoms with Gasteiger partial charge in [-0.3, -0.25) is 4.79 Å². The van der Waals surface area contributed by atoms with Crippen molar-refractivity contribution in [3.63, 3.8) is 0 Å². The fourth-order valence-electron chi connectivity index (χ4n) is 0.799. The van der Waals surface area contributed by atoms with Gasteiger partial charge < -0.3 is 10.4 Å². The average Bonchev–Trinajstić information content (AvgIpc) is 2.14. The lowest BCUT2D eigenvalue weighted by Gasteiger charge is -1.99. The molecule has 0 bridgehead atoms. The maximum Gasteiger partial charge on any atom is 0.326 e. The molecule has 52 valence electrons. The van der Waals surface area contributed by atoms with Gasteiger partial charge >= 0.3 is 5.97 Å². The van der Waals surface area contributed by atoms with Gasteiger partial charge in [0.1, 0.15) is 6.04 Å². The Morgan fingerprint density at radius 3 is 2.50 bits per heavy atom. The van der Waals surface area contributed by atoms with E-state index in [2.05, 4.69) is 5.32 Å². The van der Waals surface area contributed by atoms with Crippen LogP contribution in [0.15, 0.2) is 0 Å². The van der Waals surface area contributed by atoms with Crippen molar-refractivity contribution in [1.82, 2.24) is 5.32 Å². The molecule has 2 N–H and O–H groups in total. The number of amides is 1. The predicted molar refractivity (Wildman–Crippen MR) is 34.6 cm³/mol. The molecule has 1 rings (SSSR count). The molecule has 1 aliphatic rings. The van der Waals surface area contributed by atoms with E-state index in [9.17, 15) is 9.59 Å². The molecule has 0 aromatic carbocycles. The molecule has 4 nitrogen and oxygen atoms in total. The molecule has 10 heavy (non-hydrogen) atoms. The Balaban J connectivity index is 0.000000810. The topological polar surface area (TPSA) is 66.4 Å². The van der Waals surface area contributed by atoms with Crippen LogP contribution in [0.3, 0.4) is 0 Å². The Kier molecular flexibility index (Phi) is 3.66. The third kappa shape index (κ3) is 2.15. The summed E-state index contributed by atoms with van der Waals surface area (Å²) in [6, 6.07) is -0.641. The van der Waals surface area contributed by atoms with Crippen LogP contribution in [0.4, 0.5) is 0 Å². The first-order valence-corrected chi connectivity index (χ1v) is 2.72. The van der Waals surface area contributed by atoms with Crippen molar-refractivity contribution < 1.29 is 14.7 Å². The Morgan fingerprint density at radius 1 is 1.70 bits per heavy atom. The molecule has 0 aromatic rings. The number of carboxylic acids is 1. The third-order valence-electron chi connectivity index (χ3n) is 1.29. The van der Waals surface area contributed by atoms with Crippen LogP contribution in [0.5, 0.6) is 0 Å². The number of hydrogen-bond acceptors (Lipinski definition) is 2. The van der Waals surface area contributed by atoms with Crippen molar-refractivity contribution in [3.8, 4) is 0 Å². The number of hydrogen-bond donors (Lipinski definition) is 2. The largest absolute Gasteiger partial charge is 0.480 e. The molecule has 2 radical (unpaired) electrons. The van der Waals surface area contributed by atoms with E-state index >= 15 is 0 Å². The second-order valence-electron chi connectivity index (χ2n) is 2.00. The van der Waals surface area contributed by atoms with E-state index < -0.39 is 12.0 Å². The van der Waals surface area contributed by atoms with Gasteiger partial charge in [0.2, 0.25) is 5.91 Å². The van der Waals surface area contributed by atoms with Crippen LogP contribution < -0.4 is 5.32 Å². The molecule has 1 aliphatic heterocycles. The van der Waals surface area contributed by atoms with Gasteiger partial charge in [0.15, 0.2) is 0 Å². The second kappa shape index (κ2) is 3.77. The summed E-state index contributed by atoms with van der Waals surface area (Å²) in [6.45, 7) is 0. The lowest BCUT2D eigenvalue weighted by molar-refractivity contribution is -0.140. The summed E-state index contributed by atoms with van der Waals surface area (Å²) in [4.78, 5) is 20.5. The highest BCUT2D eigenvalue weighted by molar-refractivity contribution is 5.87. The van der Waals surface area contributed by atoms with Crippen molar-refractivity contribution >= 4 is 34.9 Å². The van der Waals surface area contributed by atoms with Gasteiger partial charge in [0.25, 0.3) is 0 Å². The van der Waals surface area contributed by atoms with Gasteiger partial charge in [-0.25, -0.2) is 4.79 Å². The molecule has 0 saturated carbocycles. The molecule has 1 amide bonds. The normalized spacial score (nSPS) is 23.2. The number of aliphatic carboxylic acids is 1. The van der Waals surface area contributed by atoms with Crippen molar-refractivity contribution in [3.05, 3.63) is 0 Å². The van der Waals surface area contributed by atoms with Gasteiger partial charge in [-0.1, -0.05) is 0 Å². The van der Waals surface area contributed by atoms with Crippen LogP contribution >= 0.6 is 0 Å². The summed E-state index contributed by atoms with van der Waals surface area (Å²) in [5, 5.41) is 10.6. The number of carbonyl (C=O) groups excluding carboxylic acids is 1. The molecular weight excluding hydrogens is 146 g/mol. The Morgan fingerprint density at radius 2 is 2.30 bits per heavy atom. The van der Waals surface area contributed by atoms with E-state index in [4.69, 9.17) is 5.11 Å². The molecule has 0 aromatic heterocycles. The van der Waals surface area contributed by atoms with Crippen LogP contribution in [-0.2, 0) is 9.59 Å². The highest BCUT2D eigenvalue weighted by atomic mass is 24.3. The molecule has 1 heterocycles. The first-order chi connectivity index (χ1) is 4.20. The van der Waals surface area contributed by atoms with E-state index in [0.29, 0.717) is 12.8 Å². The van der Waals surface area contributed by atoms with E-state index in [1.54, 1.807) is 0 Å². The second-order valence-corrected chi connectivity index (χ2v) is 2.00. The quantitative estimate of drug-likeness (QED) is 0.473. The zero-order valence-electron chi connectivity index (χ0n) is 5.46. The third-order valence-corrected chi connectivity index (χ3v) is 1.29. The maximum atomic E-state index is 10.4. The molecule has 1 atom stereocenters. The lowest BCUT2D eigenvalue weighted by Crippen LogP contribution is -2.32. The molecule has 5 heteroatoms. The van der Waals surface area contributed by atoms with E-state index in [1.807, 2.05) is 0 Å². The number of carbonyl (C=O) groups is 2. The first-order valence-electron chi connectivity index (χ1n) is 2.72. The summed E-state index contributed by atoms with van der Waals surface area (Å²) in [6.07, 6.45) is 0.769. The van der Waals surface area contributed by atoms with Crippen LogP contribution in [0.1, 0.15) is 12.8 Å². The molecule has 1 saturated heterocycles. The van der Waals surface area contributed by atoms with E-state index in [-0.39, 0.29) is 29.0 Å². The van der Waals surface area contributed by atoms with Gasteiger partial charge in [-0.05, 0) is 6.42 Å². The average molecular weight is 153 g/mol. The zero-order valence-corrected chi connectivity index (χ0v) is 6.88. The molecule has 1 fully saturated rings. The summed E-state index contributed by atoms with van der Waals surface area (Å²) in [5.74, 6) is -1.11. The number of nitrogens with one attached hydrogen (secondary N) is 1. The fourth-order valence-corrected chi connectivity index (χ4v) is 0.799. The molecule has 0 spiro atoms. The summed E-state index contributed by atoms with van der Waals surface area (Å²) >= 11 is 0. The first kappa shape index (κ1) is 9.71. The van der Waals surface area contributed by atoms with Crippen molar-refractivity contribution in [2.75, 3.05) is 0 Å². The SMILES string of the molecule is O=C1CC[C@@H](C(=O)O)N1.[Mg]. The van der Waals surface area contributed by atoms with Crippen LogP contribution in [-0.4, -0.2) is 46.1 Å². The minimum Gasteiger partial charge on any atom is -0.480 e. The predicted octanol–water partition coefficient (Wildman–Crippen LogP) is -1.03. The van der Waals surface area contributed by atoms with Gasteiger partial charge in [0, 0.05) is 29.5 Å². The van der Waals surface area contributed by atoms with Gasteiger partial charge in [-0.2, -0.15) is 0 Å². The lowest BCUT2D eigenvalue weighted by atomic mass is 10.2. The highest BCUT2D eigenvalue weighted by Gasteiger charge is 2.26. The number of carboxylic acid groups (broad SMARTS) is 1. The minimum atomic E-state index is -0.944. The van der Waals surface area contributed by atoms with Gasteiger partial charge in [0.05, 0.1) is 0 Å². The maximum absolute atomic E-state index is 10.4. The smallest absolute Gasteiger partial charge is 0.326 e. The summed E-state index contributed by atoms with van der Waals surface area (Å²) in [7, 11) is 0. The standard InChI is InChI=1S/C5H7NO3.Mg/c7-4-2-1-3(6-4)5(8)9;/h3H,1-2H2,(H,6,7)(H,8,9);/t3-;/m0./s1. The van der Waals surface area contributed by atoms with E-state index in [1.165, 1.54) is 0 Å². The minimum absolute atomic E-state index is 0. The number of rotatable bonds is 1. The Labute approximate surface area is 74.1 Å². The molecular formula is C5H7MgNO3. The van der Waals surface area contributed by atoms with Crippen LogP contribution in [0, 0.1) is 0 Å².